The normalized spacial score (nSPS) is 15.2. The van der Waals surface area contributed by atoms with Gasteiger partial charge in [0.2, 0.25) is 0 Å². The minimum absolute atomic E-state index is 0.332. The summed E-state index contributed by atoms with van der Waals surface area (Å²) in [4.78, 5) is 14.6. The van der Waals surface area contributed by atoms with Crippen LogP contribution in [0.5, 0.6) is 0 Å². The number of aromatic nitrogens is 1. The number of carbonyl (C=O) groups excluding carboxylic acids is 1. The number of halogens is 1. The van der Waals surface area contributed by atoms with Crippen LogP contribution in [0.3, 0.4) is 0 Å². The summed E-state index contributed by atoms with van der Waals surface area (Å²) in [6.45, 7) is 0. The van der Waals surface area contributed by atoms with Gasteiger partial charge in [0, 0.05) is 15.4 Å². The third-order valence-corrected chi connectivity index (χ3v) is 3.82. The first-order valence-corrected chi connectivity index (χ1v) is 6.39. The van der Waals surface area contributed by atoms with Crippen LogP contribution in [0.2, 0.25) is 0 Å². The van der Waals surface area contributed by atoms with Crippen LogP contribution in [-0.2, 0) is 4.74 Å². The predicted octanol–water partition coefficient (Wildman–Crippen LogP) is 3.59. The van der Waals surface area contributed by atoms with Gasteiger partial charge >= 0.3 is 5.97 Å². The van der Waals surface area contributed by atoms with Crippen molar-refractivity contribution in [3.8, 4) is 0 Å². The van der Waals surface area contributed by atoms with E-state index in [0.29, 0.717) is 11.6 Å². The first-order chi connectivity index (χ1) is 8.19. The van der Waals surface area contributed by atoms with Crippen molar-refractivity contribution in [3.63, 3.8) is 0 Å². The van der Waals surface area contributed by atoms with Gasteiger partial charge in [-0.2, -0.15) is 0 Å². The molecule has 3 rings (SSSR count). The van der Waals surface area contributed by atoms with E-state index in [0.717, 1.165) is 15.4 Å². The Morgan fingerprint density at radius 3 is 2.82 bits per heavy atom. The molecular weight excluding hydrogens is 282 g/mol. The van der Waals surface area contributed by atoms with Crippen molar-refractivity contribution in [1.82, 2.24) is 4.98 Å². The molecule has 0 aliphatic heterocycles. The summed E-state index contributed by atoms with van der Waals surface area (Å²) in [6.07, 6.45) is 2.53. The first-order valence-electron chi connectivity index (χ1n) is 5.59. The van der Waals surface area contributed by atoms with Crippen molar-refractivity contribution in [2.24, 2.45) is 0 Å². The highest BCUT2D eigenvalue weighted by Crippen LogP contribution is 2.42. The number of fused-ring (bicyclic) bond motifs is 1. The minimum Gasteiger partial charge on any atom is -0.464 e. The first kappa shape index (κ1) is 10.8. The lowest BCUT2D eigenvalue weighted by Gasteiger charge is -2.00. The maximum absolute atomic E-state index is 11.5. The van der Waals surface area contributed by atoms with E-state index in [4.69, 9.17) is 4.74 Å². The third kappa shape index (κ3) is 1.86. The van der Waals surface area contributed by atoms with Gasteiger partial charge in [0.25, 0.3) is 0 Å². The fraction of sp³-hybridized carbons (Fsp3) is 0.308. The number of hydrogen-bond donors (Lipinski definition) is 1. The molecule has 2 aromatic rings. The number of carbonyl (C=O) groups is 1. The van der Waals surface area contributed by atoms with Gasteiger partial charge in [-0.1, -0.05) is 15.9 Å². The van der Waals surface area contributed by atoms with E-state index in [2.05, 4.69) is 33.0 Å². The fourth-order valence-corrected chi connectivity index (χ4v) is 2.68. The van der Waals surface area contributed by atoms with Crippen LogP contribution in [0.15, 0.2) is 22.7 Å². The number of esters is 1. The Morgan fingerprint density at radius 1 is 1.41 bits per heavy atom. The van der Waals surface area contributed by atoms with Crippen LogP contribution in [0.25, 0.3) is 10.9 Å². The number of H-pyrrole nitrogens is 1. The van der Waals surface area contributed by atoms with E-state index in [-0.39, 0.29) is 5.97 Å². The minimum atomic E-state index is -0.332. The molecule has 1 heterocycles. The van der Waals surface area contributed by atoms with Crippen molar-refractivity contribution < 1.29 is 9.53 Å². The Morgan fingerprint density at radius 2 is 2.18 bits per heavy atom. The Balaban J connectivity index is 2.14. The van der Waals surface area contributed by atoms with Crippen molar-refractivity contribution >= 4 is 32.8 Å². The summed E-state index contributed by atoms with van der Waals surface area (Å²) in [5, 5.41) is 1.02. The van der Waals surface area contributed by atoms with Gasteiger partial charge in [-0.05, 0) is 42.5 Å². The largest absolute Gasteiger partial charge is 0.464 e. The number of methoxy groups -OCH3 is 1. The van der Waals surface area contributed by atoms with Crippen LogP contribution >= 0.6 is 15.9 Å². The number of hydrogen-bond acceptors (Lipinski definition) is 2. The van der Waals surface area contributed by atoms with E-state index >= 15 is 0 Å². The number of benzene rings is 1. The monoisotopic (exact) mass is 293 g/mol. The Hall–Kier alpha value is -1.29. The summed E-state index contributed by atoms with van der Waals surface area (Å²) >= 11 is 3.56. The summed E-state index contributed by atoms with van der Waals surface area (Å²) in [5.41, 5.74) is 2.82. The van der Waals surface area contributed by atoms with Crippen LogP contribution in [0.4, 0.5) is 0 Å². The lowest BCUT2D eigenvalue weighted by atomic mass is 10.1. The second-order valence-corrected chi connectivity index (χ2v) is 5.27. The second kappa shape index (κ2) is 3.88. The van der Waals surface area contributed by atoms with Gasteiger partial charge in [0.1, 0.15) is 5.69 Å². The summed E-state index contributed by atoms with van der Waals surface area (Å²) in [6, 6.07) is 6.10. The highest BCUT2D eigenvalue weighted by Gasteiger charge is 2.24. The molecule has 4 heteroatoms. The van der Waals surface area contributed by atoms with Gasteiger partial charge in [-0.25, -0.2) is 4.79 Å². The Bertz CT molecular complexity index is 599. The third-order valence-electron chi connectivity index (χ3n) is 3.16. The molecule has 0 bridgehead atoms. The zero-order valence-electron chi connectivity index (χ0n) is 9.42. The molecule has 0 spiro atoms. The molecule has 1 saturated carbocycles. The van der Waals surface area contributed by atoms with Gasteiger partial charge in [0.05, 0.1) is 7.11 Å². The molecule has 0 saturated heterocycles. The number of rotatable bonds is 2. The van der Waals surface area contributed by atoms with Crippen molar-refractivity contribution in [1.29, 1.82) is 0 Å². The van der Waals surface area contributed by atoms with E-state index < -0.39 is 0 Å². The summed E-state index contributed by atoms with van der Waals surface area (Å²) < 4.78 is 5.74. The molecule has 0 unspecified atom stereocenters. The molecule has 0 atom stereocenters. The highest BCUT2D eigenvalue weighted by molar-refractivity contribution is 9.10. The SMILES string of the molecule is COC(=O)c1cc2c(Br)cc(C3CC3)cc2[nH]1. The molecule has 1 N–H and O–H groups in total. The molecule has 3 nitrogen and oxygen atoms in total. The summed E-state index contributed by atoms with van der Waals surface area (Å²) in [7, 11) is 1.39. The molecule has 0 amide bonds. The van der Waals surface area contributed by atoms with E-state index in [1.54, 1.807) is 0 Å². The van der Waals surface area contributed by atoms with Gasteiger partial charge in [0.15, 0.2) is 0 Å². The van der Waals surface area contributed by atoms with E-state index in [9.17, 15) is 4.79 Å². The standard InChI is InChI=1S/C13H12BrNO2/c1-17-13(16)12-6-9-10(14)4-8(7-2-3-7)5-11(9)15-12/h4-7,15H,2-3H2,1H3. The average Bonchev–Trinajstić information content (AvgIpc) is 3.08. The topological polar surface area (TPSA) is 42.1 Å². The molecule has 1 aromatic carbocycles. The number of nitrogens with one attached hydrogen (secondary N) is 1. The van der Waals surface area contributed by atoms with E-state index in [1.807, 2.05) is 6.07 Å². The molecule has 0 radical (unpaired) electrons. The van der Waals surface area contributed by atoms with Crippen LogP contribution < -0.4 is 0 Å². The van der Waals surface area contributed by atoms with Crippen molar-refractivity contribution in [2.75, 3.05) is 7.11 Å². The van der Waals surface area contributed by atoms with Crippen LogP contribution in [-0.4, -0.2) is 18.1 Å². The summed E-state index contributed by atoms with van der Waals surface area (Å²) in [5.74, 6) is 0.363. The molecule has 1 fully saturated rings. The van der Waals surface area contributed by atoms with Crippen LogP contribution in [0, 0.1) is 0 Å². The number of aromatic amines is 1. The molecule has 1 aliphatic rings. The van der Waals surface area contributed by atoms with Gasteiger partial charge < -0.3 is 9.72 Å². The molecule has 1 aromatic heterocycles. The Labute approximate surface area is 107 Å². The smallest absolute Gasteiger partial charge is 0.354 e. The lowest BCUT2D eigenvalue weighted by molar-refractivity contribution is 0.0595. The lowest BCUT2D eigenvalue weighted by Crippen LogP contribution is -2.00. The van der Waals surface area contributed by atoms with Gasteiger partial charge in [-0.3, -0.25) is 0 Å². The van der Waals surface area contributed by atoms with Crippen molar-refractivity contribution in [2.45, 2.75) is 18.8 Å². The zero-order chi connectivity index (χ0) is 12.0. The molecule has 88 valence electrons. The second-order valence-electron chi connectivity index (χ2n) is 4.41. The molecular formula is C13H12BrNO2. The molecule has 17 heavy (non-hydrogen) atoms. The Kier molecular flexibility index (Phi) is 2.47. The predicted molar refractivity (Wildman–Crippen MR) is 69.3 cm³/mol. The average molecular weight is 294 g/mol. The van der Waals surface area contributed by atoms with Crippen molar-refractivity contribution in [3.05, 3.63) is 33.9 Å². The van der Waals surface area contributed by atoms with Crippen LogP contribution in [0.1, 0.15) is 34.8 Å². The van der Waals surface area contributed by atoms with E-state index in [1.165, 1.54) is 25.5 Å². The molecule has 1 aliphatic carbocycles. The van der Waals surface area contributed by atoms with Gasteiger partial charge in [-0.15, -0.1) is 0 Å². The zero-order valence-corrected chi connectivity index (χ0v) is 11.0. The fourth-order valence-electron chi connectivity index (χ4n) is 2.09. The quantitative estimate of drug-likeness (QED) is 0.860. The maximum atomic E-state index is 11.5. The maximum Gasteiger partial charge on any atom is 0.354 e. The number of ether oxygens (including phenoxy) is 1. The highest BCUT2D eigenvalue weighted by atomic mass is 79.9.